The molecule has 0 saturated carbocycles. The van der Waals surface area contributed by atoms with Crippen LogP contribution in [0.2, 0.25) is 0 Å². The first-order chi connectivity index (χ1) is 10.8. The number of hydrogen-bond donors (Lipinski definition) is 1. The first-order valence-electron chi connectivity index (χ1n) is 7.57. The van der Waals surface area contributed by atoms with Crippen LogP contribution in [0.5, 0.6) is 0 Å². The van der Waals surface area contributed by atoms with Gasteiger partial charge in [-0.1, -0.05) is 40.2 Å². The average molecular weight is 357 g/mol. The number of fused-ring (bicyclic) bond motifs is 1. The maximum absolute atomic E-state index is 5.61. The van der Waals surface area contributed by atoms with Crippen molar-refractivity contribution in [3.8, 4) is 0 Å². The summed E-state index contributed by atoms with van der Waals surface area (Å²) in [5.41, 5.74) is 3.34. The highest BCUT2D eigenvalue weighted by molar-refractivity contribution is 9.10. The monoisotopic (exact) mass is 356 g/mol. The lowest BCUT2D eigenvalue weighted by molar-refractivity contribution is 0.0608. The molecule has 3 aromatic rings. The zero-order valence-corrected chi connectivity index (χ0v) is 13.8. The molecule has 1 aliphatic heterocycles. The van der Waals surface area contributed by atoms with Crippen LogP contribution in [0.1, 0.15) is 24.2 Å². The van der Waals surface area contributed by atoms with Crippen LogP contribution in [0.3, 0.4) is 0 Å². The minimum absolute atomic E-state index is 0.0853. The van der Waals surface area contributed by atoms with E-state index in [1.54, 1.807) is 0 Å². The fourth-order valence-corrected chi connectivity index (χ4v) is 3.59. The molecule has 4 rings (SSSR count). The summed E-state index contributed by atoms with van der Waals surface area (Å²) in [6.07, 6.45) is 1.91. The Morgan fingerprint density at radius 3 is 2.45 bits per heavy atom. The number of rotatable bonds is 2. The van der Waals surface area contributed by atoms with E-state index in [2.05, 4.69) is 57.3 Å². The molecule has 1 aliphatic rings. The molecule has 0 spiro atoms. The van der Waals surface area contributed by atoms with Gasteiger partial charge in [-0.25, -0.2) is 4.98 Å². The van der Waals surface area contributed by atoms with Crippen LogP contribution in [0, 0.1) is 0 Å². The van der Waals surface area contributed by atoms with Gasteiger partial charge in [0.1, 0.15) is 5.82 Å². The number of imidazole rings is 1. The molecule has 0 unspecified atom stereocenters. The van der Waals surface area contributed by atoms with Crippen LogP contribution in [-0.2, 0) is 10.2 Å². The van der Waals surface area contributed by atoms with Crippen molar-refractivity contribution in [1.82, 2.24) is 9.97 Å². The van der Waals surface area contributed by atoms with Gasteiger partial charge in [0.2, 0.25) is 0 Å². The fourth-order valence-electron chi connectivity index (χ4n) is 3.33. The first-order valence-corrected chi connectivity index (χ1v) is 8.36. The van der Waals surface area contributed by atoms with Crippen LogP contribution in [-0.4, -0.2) is 23.2 Å². The van der Waals surface area contributed by atoms with Crippen molar-refractivity contribution < 1.29 is 4.74 Å². The third kappa shape index (κ3) is 2.27. The summed E-state index contributed by atoms with van der Waals surface area (Å²) in [7, 11) is 0. The van der Waals surface area contributed by atoms with Crippen LogP contribution in [0.25, 0.3) is 11.0 Å². The zero-order chi connectivity index (χ0) is 15.0. The van der Waals surface area contributed by atoms with Crippen LogP contribution < -0.4 is 0 Å². The smallest absolute Gasteiger partial charge is 0.118 e. The minimum atomic E-state index is -0.0853. The summed E-state index contributed by atoms with van der Waals surface area (Å²) in [6, 6.07) is 16.8. The second kappa shape index (κ2) is 5.52. The predicted molar refractivity (Wildman–Crippen MR) is 91.1 cm³/mol. The van der Waals surface area contributed by atoms with Gasteiger partial charge < -0.3 is 9.72 Å². The van der Waals surface area contributed by atoms with E-state index in [4.69, 9.17) is 9.72 Å². The van der Waals surface area contributed by atoms with Gasteiger partial charge >= 0.3 is 0 Å². The number of halogens is 1. The van der Waals surface area contributed by atoms with Crippen molar-refractivity contribution in [2.45, 2.75) is 18.3 Å². The van der Waals surface area contributed by atoms with Gasteiger partial charge in [-0.2, -0.15) is 0 Å². The lowest BCUT2D eigenvalue weighted by Gasteiger charge is -2.36. The van der Waals surface area contributed by atoms with Gasteiger partial charge in [-0.05, 0) is 42.7 Å². The summed E-state index contributed by atoms with van der Waals surface area (Å²) in [6.45, 7) is 1.54. The molecular weight excluding hydrogens is 340 g/mol. The zero-order valence-electron chi connectivity index (χ0n) is 12.2. The first kappa shape index (κ1) is 14.0. The van der Waals surface area contributed by atoms with Gasteiger partial charge in [-0.15, -0.1) is 0 Å². The molecule has 4 heteroatoms. The van der Waals surface area contributed by atoms with E-state index in [0.717, 1.165) is 47.4 Å². The molecule has 3 nitrogen and oxygen atoms in total. The number of nitrogens with zero attached hydrogens (tertiary/aromatic N) is 1. The molecule has 0 atom stereocenters. The molecule has 0 aliphatic carbocycles. The topological polar surface area (TPSA) is 37.9 Å². The molecule has 0 amide bonds. The van der Waals surface area contributed by atoms with Crippen molar-refractivity contribution in [2.24, 2.45) is 0 Å². The Kier molecular flexibility index (Phi) is 3.51. The molecular formula is C18H17BrN2O. The normalized spacial score (nSPS) is 17.7. The number of aromatic amines is 1. The Labute approximate surface area is 137 Å². The maximum Gasteiger partial charge on any atom is 0.118 e. The Bertz CT molecular complexity index is 755. The molecule has 0 radical (unpaired) electrons. The molecule has 2 aromatic carbocycles. The van der Waals surface area contributed by atoms with E-state index in [9.17, 15) is 0 Å². The molecule has 1 fully saturated rings. The van der Waals surface area contributed by atoms with E-state index >= 15 is 0 Å². The summed E-state index contributed by atoms with van der Waals surface area (Å²) < 4.78 is 6.71. The van der Waals surface area contributed by atoms with Crippen molar-refractivity contribution in [3.63, 3.8) is 0 Å². The summed E-state index contributed by atoms with van der Waals surface area (Å²) in [4.78, 5) is 8.43. The molecule has 1 saturated heterocycles. The van der Waals surface area contributed by atoms with Gasteiger partial charge in [0, 0.05) is 17.7 Å². The van der Waals surface area contributed by atoms with E-state index in [0.29, 0.717) is 0 Å². The predicted octanol–water partition coefficient (Wildman–Crippen LogP) is 4.42. The fraction of sp³-hybridized carbons (Fsp3) is 0.278. The van der Waals surface area contributed by atoms with E-state index in [1.165, 1.54) is 5.56 Å². The number of aromatic nitrogens is 2. The average Bonchev–Trinajstić information content (AvgIpc) is 3.01. The third-order valence-electron chi connectivity index (χ3n) is 4.59. The number of H-pyrrole nitrogens is 1. The standard InChI is InChI=1S/C18H17BrN2O/c19-14-7-5-13(6-8-14)18(9-11-22-12-10-18)17-20-15-3-1-2-4-16(15)21-17/h1-8H,9-12H2,(H,20,21). The van der Waals surface area contributed by atoms with Gasteiger partial charge in [0.15, 0.2) is 0 Å². The lowest BCUT2D eigenvalue weighted by Crippen LogP contribution is -2.36. The third-order valence-corrected chi connectivity index (χ3v) is 5.11. The summed E-state index contributed by atoms with van der Waals surface area (Å²) in [5, 5.41) is 0. The number of hydrogen-bond acceptors (Lipinski definition) is 2. The number of benzene rings is 2. The molecule has 1 aromatic heterocycles. The minimum Gasteiger partial charge on any atom is -0.381 e. The lowest BCUT2D eigenvalue weighted by atomic mass is 9.73. The van der Waals surface area contributed by atoms with Crippen LogP contribution in [0.15, 0.2) is 53.0 Å². The van der Waals surface area contributed by atoms with E-state index in [-0.39, 0.29) is 5.41 Å². The van der Waals surface area contributed by atoms with E-state index in [1.807, 2.05) is 12.1 Å². The van der Waals surface area contributed by atoms with Gasteiger partial charge in [0.05, 0.1) is 16.4 Å². The van der Waals surface area contributed by atoms with Crippen LogP contribution in [0.4, 0.5) is 0 Å². The Morgan fingerprint density at radius 1 is 1.00 bits per heavy atom. The second-order valence-corrected chi connectivity index (χ2v) is 6.72. The summed E-state index contributed by atoms with van der Waals surface area (Å²) in [5.74, 6) is 1.05. The molecule has 112 valence electrons. The van der Waals surface area contributed by atoms with Crippen molar-refractivity contribution in [2.75, 3.05) is 13.2 Å². The number of nitrogens with one attached hydrogen (secondary N) is 1. The summed E-state index contributed by atoms with van der Waals surface area (Å²) >= 11 is 3.52. The highest BCUT2D eigenvalue weighted by Crippen LogP contribution is 2.40. The molecule has 2 heterocycles. The maximum atomic E-state index is 5.61. The number of para-hydroxylation sites is 2. The largest absolute Gasteiger partial charge is 0.381 e. The van der Waals surface area contributed by atoms with Crippen molar-refractivity contribution >= 4 is 27.0 Å². The Balaban J connectivity index is 1.88. The van der Waals surface area contributed by atoms with Gasteiger partial charge in [0.25, 0.3) is 0 Å². The molecule has 1 N–H and O–H groups in total. The van der Waals surface area contributed by atoms with E-state index < -0.39 is 0 Å². The Hall–Kier alpha value is -1.65. The Morgan fingerprint density at radius 2 is 1.73 bits per heavy atom. The quantitative estimate of drug-likeness (QED) is 0.737. The van der Waals surface area contributed by atoms with Gasteiger partial charge in [-0.3, -0.25) is 0 Å². The molecule has 22 heavy (non-hydrogen) atoms. The molecule has 0 bridgehead atoms. The number of ether oxygens (including phenoxy) is 1. The SMILES string of the molecule is Brc1ccc(C2(c3nc4ccccc4[nH]3)CCOCC2)cc1. The highest BCUT2D eigenvalue weighted by Gasteiger charge is 2.39. The second-order valence-electron chi connectivity index (χ2n) is 5.80. The van der Waals surface area contributed by atoms with Crippen LogP contribution >= 0.6 is 15.9 Å². The van der Waals surface area contributed by atoms with Crippen molar-refractivity contribution in [3.05, 3.63) is 64.4 Å². The highest BCUT2D eigenvalue weighted by atomic mass is 79.9. The van der Waals surface area contributed by atoms with Crippen molar-refractivity contribution in [1.29, 1.82) is 0 Å².